The molecule has 0 heterocycles. The Morgan fingerprint density at radius 1 is 1.06 bits per heavy atom. The van der Waals surface area contributed by atoms with Crippen LogP contribution >= 0.6 is 0 Å². The van der Waals surface area contributed by atoms with Crippen molar-refractivity contribution in [2.45, 2.75) is 57.7 Å². The zero-order valence-corrected chi connectivity index (χ0v) is 19.2. The van der Waals surface area contributed by atoms with E-state index in [1.54, 1.807) is 13.8 Å². The fraction of sp³-hybridized carbons (Fsp3) is 0.423. The van der Waals surface area contributed by atoms with Crippen molar-refractivity contribution in [1.29, 1.82) is 0 Å². The molecular weight excluding hydrogens is 420 g/mol. The summed E-state index contributed by atoms with van der Waals surface area (Å²) in [5, 5.41) is 12.6. The number of benzene rings is 2. The van der Waals surface area contributed by atoms with Gasteiger partial charge in [0.15, 0.2) is 0 Å². The van der Waals surface area contributed by atoms with E-state index in [0.29, 0.717) is 25.7 Å². The zero-order chi connectivity index (χ0) is 23.8. The van der Waals surface area contributed by atoms with Gasteiger partial charge in [0.1, 0.15) is 12.6 Å². The molecule has 0 unspecified atom stereocenters. The third-order valence-corrected chi connectivity index (χ3v) is 6.02. The first kappa shape index (κ1) is 24.5. The molecule has 1 amide bonds. The first-order valence-corrected chi connectivity index (χ1v) is 11.4. The van der Waals surface area contributed by atoms with Crippen LogP contribution in [-0.4, -0.2) is 59.1 Å². The minimum Gasteiger partial charge on any atom is -0.480 e. The number of nitrogens with one attached hydrogen (secondary N) is 1. The smallest absolute Gasteiger partial charge is 0.323 e. The number of hydrogen-bond acceptors (Lipinski definition) is 5. The van der Waals surface area contributed by atoms with Crippen LogP contribution in [0.3, 0.4) is 0 Å². The third kappa shape index (κ3) is 6.65. The Morgan fingerprint density at radius 2 is 1.67 bits per heavy atom. The van der Waals surface area contributed by atoms with Gasteiger partial charge in [-0.25, -0.2) is 0 Å². The molecule has 33 heavy (non-hydrogen) atoms. The number of aryl methyl sites for hydroxylation is 1. The molecule has 0 saturated heterocycles. The third-order valence-electron chi connectivity index (χ3n) is 6.02. The van der Waals surface area contributed by atoms with Gasteiger partial charge in [-0.15, -0.1) is 0 Å². The molecule has 2 aromatic rings. The number of carboxylic acids is 1. The summed E-state index contributed by atoms with van der Waals surface area (Å²) < 4.78 is 5.22. The van der Waals surface area contributed by atoms with Crippen molar-refractivity contribution in [3.05, 3.63) is 71.3 Å². The van der Waals surface area contributed by atoms with Crippen LogP contribution in [0, 0.1) is 0 Å². The van der Waals surface area contributed by atoms with E-state index in [0.717, 1.165) is 16.7 Å². The van der Waals surface area contributed by atoms with E-state index in [2.05, 4.69) is 5.32 Å². The molecular formula is C26H32N2O5. The quantitative estimate of drug-likeness (QED) is 0.509. The monoisotopic (exact) mass is 452 g/mol. The molecule has 176 valence electrons. The molecule has 0 aliphatic heterocycles. The minimum absolute atomic E-state index is 0.222. The molecule has 0 saturated carbocycles. The number of rotatable bonds is 11. The number of esters is 1. The van der Waals surface area contributed by atoms with Crippen LogP contribution in [0.5, 0.6) is 0 Å². The van der Waals surface area contributed by atoms with Crippen molar-refractivity contribution in [3.63, 3.8) is 0 Å². The second-order valence-electron chi connectivity index (χ2n) is 8.41. The van der Waals surface area contributed by atoms with Crippen LogP contribution in [-0.2, 0) is 38.4 Å². The van der Waals surface area contributed by atoms with Gasteiger partial charge in [-0.3, -0.25) is 19.7 Å². The molecule has 0 spiro atoms. The Kier molecular flexibility index (Phi) is 8.60. The number of fused-ring (bicyclic) bond motifs is 1. The summed E-state index contributed by atoms with van der Waals surface area (Å²) in [6, 6.07) is 16.1. The van der Waals surface area contributed by atoms with E-state index >= 15 is 0 Å². The van der Waals surface area contributed by atoms with E-state index in [1.807, 2.05) is 54.6 Å². The largest absolute Gasteiger partial charge is 0.480 e. The molecule has 2 N–H and O–H groups in total. The molecule has 0 fully saturated rings. The second kappa shape index (κ2) is 11.6. The van der Waals surface area contributed by atoms with Gasteiger partial charge in [-0.05, 0) is 56.2 Å². The van der Waals surface area contributed by atoms with Crippen molar-refractivity contribution in [2.75, 3.05) is 13.2 Å². The van der Waals surface area contributed by atoms with Crippen LogP contribution in [0.25, 0.3) is 0 Å². The lowest BCUT2D eigenvalue weighted by Crippen LogP contribution is -2.54. The number of ether oxygens (including phenoxy) is 1. The standard InChI is InChI=1S/C26H32N2O5/c1-3-33-26(32)23(14-13-19-9-5-4-6-10-19)27-18(2)25(31)28(17-24(29)30)22-15-20-11-7-8-12-21(20)16-22/h4-12,18,22-23,27H,3,13-17H2,1-2H3,(H,29,30)/t18-,23+/m0/s1. The normalized spacial score (nSPS) is 14.8. The average Bonchev–Trinajstić information content (AvgIpc) is 3.24. The number of carbonyl (C=O) groups is 3. The predicted molar refractivity (Wildman–Crippen MR) is 125 cm³/mol. The Balaban J connectivity index is 1.70. The number of nitrogens with zero attached hydrogens (tertiary/aromatic N) is 1. The fourth-order valence-electron chi connectivity index (χ4n) is 4.38. The Labute approximate surface area is 194 Å². The molecule has 2 atom stereocenters. The summed E-state index contributed by atoms with van der Waals surface area (Å²) in [4.78, 5) is 38.9. The number of carbonyl (C=O) groups excluding carboxylic acids is 2. The first-order chi connectivity index (χ1) is 15.9. The van der Waals surface area contributed by atoms with Crippen LogP contribution in [0.1, 0.15) is 37.0 Å². The Morgan fingerprint density at radius 3 is 2.24 bits per heavy atom. The molecule has 0 aromatic heterocycles. The molecule has 7 heteroatoms. The van der Waals surface area contributed by atoms with Crippen molar-refractivity contribution < 1.29 is 24.2 Å². The molecule has 0 bridgehead atoms. The maximum absolute atomic E-state index is 13.4. The lowest BCUT2D eigenvalue weighted by atomic mass is 10.0. The van der Waals surface area contributed by atoms with E-state index < -0.39 is 24.0 Å². The molecule has 1 aliphatic carbocycles. The van der Waals surface area contributed by atoms with Gasteiger partial charge in [0.05, 0.1) is 12.6 Å². The van der Waals surface area contributed by atoms with Crippen LogP contribution in [0.2, 0.25) is 0 Å². The highest BCUT2D eigenvalue weighted by molar-refractivity contribution is 5.86. The summed E-state index contributed by atoms with van der Waals surface area (Å²) >= 11 is 0. The van der Waals surface area contributed by atoms with Gasteiger partial charge in [0, 0.05) is 6.04 Å². The summed E-state index contributed by atoms with van der Waals surface area (Å²) in [5.41, 5.74) is 3.36. The van der Waals surface area contributed by atoms with E-state index in [-0.39, 0.29) is 25.1 Å². The fourth-order valence-corrected chi connectivity index (χ4v) is 4.38. The highest BCUT2D eigenvalue weighted by Gasteiger charge is 2.34. The molecule has 3 rings (SSSR count). The summed E-state index contributed by atoms with van der Waals surface area (Å²) in [7, 11) is 0. The topological polar surface area (TPSA) is 95.9 Å². The van der Waals surface area contributed by atoms with Crippen LogP contribution in [0.15, 0.2) is 54.6 Å². The average molecular weight is 453 g/mol. The van der Waals surface area contributed by atoms with Crippen molar-refractivity contribution >= 4 is 17.8 Å². The Bertz CT molecular complexity index is 937. The SMILES string of the molecule is CCOC(=O)[C@@H](CCc1ccccc1)N[C@@H](C)C(=O)N(CC(=O)O)C1Cc2ccccc2C1. The van der Waals surface area contributed by atoms with Gasteiger partial charge in [-0.1, -0.05) is 54.6 Å². The second-order valence-corrected chi connectivity index (χ2v) is 8.41. The van der Waals surface area contributed by atoms with Crippen molar-refractivity contribution in [3.8, 4) is 0 Å². The number of carboxylic acid groups (broad SMARTS) is 1. The van der Waals surface area contributed by atoms with Crippen molar-refractivity contribution in [2.24, 2.45) is 0 Å². The summed E-state index contributed by atoms with van der Waals surface area (Å²) in [5.74, 6) is -1.80. The van der Waals surface area contributed by atoms with Crippen molar-refractivity contribution in [1.82, 2.24) is 10.2 Å². The summed E-state index contributed by atoms with van der Waals surface area (Å²) in [6.45, 7) is 3.29. The minimum atomic E-state index is -1.06. The molecule has 0 radical (unpaired) electrons. The van der Waals surface area contributed by atoms with E-state index in [1.165, 1.54) is 4.90 Å². The Hall–Kier alpha value is -3.19. The van der Waals surface area contributed by atoms with Gasteiger partial charge in [0.25, 0.3) is 0 Å². The maximum Gasteiger partial charge on any atom is 0.323 e. The highest BCUT2D eigenvalue weighted by atomic mass is 16.5. The summed E-state index contributed by atoms with van der Waals surface area (Å²) in [6.07, 6.45) is 2.36. The van der Waals surface area contributed by atoms with Gasteiger partial charge in [0.2, 0.25) is 5.91 Å². The number of amides is 1. The van der Waals surface area contributed by atoms with Gasteiger partial charge in [-0.2, -0.15) is 0 Å². The first-order valence-electron chi connectivity index (χ1n) is 11.4. The maximum atomic E-state index is 13.4. The van der Waals surface area contributed by atoms with Crippen LogP contribution in [0.4, 0.5) is 0 Å². The predicted octanol–water partition coefficient (Wildman–Crippen LogP) is 2.61. The lowest BCUT2D eigenvalue weighted by molar-refractivity contribution is -0.149. The highest BCUT2D eigenvalue weighted by Crippen LogP contribution is 2.26. The lowest BCUT2D eigenvalue weighted by Gasteiger charge is -2.31. The molecule has 1 aliphatic rings. The van der Waals surface area contributed by atoms with E-state index in [9.17, 15) is 19.5 Å². The van der Waals surface area contributed by atoms with Gasteiger partial charge >= 0.3 is 11.9 Å². The van der Waals surface area contributed by atoms with Crippen LogP contribution < -0.4 is 5.32 Å². The number of aliphatic carboxylic acids is 1. The molecule has 7 nitrogen and oxygen atoms in total. The van der Waals surface area contributed by atoms with E-state index in [4.69, 9.17) is 4.74 Å². The molecule has 2 aromatic carbocycles. The number of hydrogen-bond donors (Lipinski definition) is 2. The van der Waals surface area contributed by atoms with Gasteiger partial charge < -0.3 is 14.7 Å². The zero-order valence-electron chi connectivity index (χ0n) is 19.2.